The van der Waals surface area contributed by atoms with Gasteiger partial charge in [-0.05, 0) is 37.3 Å². The molecular weight excluding hydrogens is 472 g/mol. The summed E-state index contributed by atoms with van der Waals surface area (Å²) in [5.74, 6) is 1.79. The molecule has 5 heterocycles. The predicted octanol–water partition coefficient (Wildman–Crippen LogP) is 3.93. The largest absolute Gasteiger partial charge is 0.364 e. The molecule has 2 fully saturated rings. The summed E-state index contributed by atoms with van der Waals surface area (Å²) in [6.07, 6.45) is 4.49. The van der Waals surface area contributed by atoms with Crippen molar-refractivity contribution in [2.75, 3.05) is 24.5 Å². The molecule has 34 heavy (non-hydrogen) atoms. The number of aromatic amines is 1. The second-order valence-corrected chi connectivity index (χ2v) is 10.7. The minimum atomic E-state index is -0.0924. The van der Waals surface area contributed by atoms with Gasteiger partial charge in [0, 0.05) is 36.7 Å². The molecule has 2 aliphatic rings. The number of thiazole rings is 1. The topological polar surface area (TPSA) is 123 Å². The van der Waals surface area contributed by atoms with E-state index in [0.717, 1.165) is 51.8 Å². The van der Waals surface area contributed by atoms with E-state index in [0.29, 0.717) is 40.3 Å². The summed E-state index contributed by atoms with van der Waals surface area (Å²) in [6.45, 7) is 4.31. The molecule has 7 rings (SSSR count). The maximum absolute atomic E-state index is 6.74. The lowest BCUT2D eigenvalue weighted by Crippen LogP contribution is -2.32. The van der Waals surface area contributed by atoms with Gasteiger partial charge in [0.15, 0.2) is 5.65 Å². The Labute approximate surface area is 203 Å². The fraction of sp³-hybridized carbons (Fsp3) is 0.348. The van der Waals surface area contributed by atoms with E-state index in [9.17, 15) is 0 Å². The molecule has 11 heteroatoms. The van der Waals surface area contributed by atoms with Crippen molar-refractivity contribution in [3.05, 3.63) is 46.4 Å². The van der Waals surface area contributed by atoms with E-state index in [1.165, 1.54) is 0 Å². The molecule has 0 unspecified atom stereocenters. The number of hydrogen-bond acceptors (Lipinski definition) is 9. The molecule has 0 spiro atoms. The van der Waals surface area contributed by atoms with Crippen LogP contribution in [0.2, 0.25) is 5.02 Å². The summed E-state index contributed by atoms with van der Waals surface area (Å²) in [5.41, 5.74) is 10.9. The summed E-state index contributed by atoms with van der Waals surface area (Å²) >= 11 is 8.32. The maximum atomic E-state index is 6.74. The van der Waals surface area contributed by atoms with E-state index in [2.05, 4.69) is 25.2 Å². The van der Waals surface area contributed by atoms with Crippen molar-refractivity contribution in [1.82, 2.24) is 30.3 Å². The minimum Gasteiger partial charge on any atom is -0.364 e. The zero-order valence-corrected chi connectivity index (χ0v) is 19.9. The smallest absolute Gasteiger partial charge is 0.177 e. The molecule has 0 amide bonds. The van der Waals surface area contributed by atoms with E-state index in [1.807, 2.05) is 31.3 Å². The number of nitrogens with one attached hydrogen (secondary N) is 1. The quantitative estimate of drug-likeness (QED) is 0.387. The Hall–Kier alpha value is -3.08. The molecule has 3 N–H and O–H groups in total. The van der Waals surface area contributed by atoms with Crippen LogP contribution in [0.25, 0.3) is 32.6 Å². The molecule has 1 aromatic carbocycles. The van der Waals surface area contributed by atoms with Crippen molar-refractivity contribution in [1.29, 1.82) is 0 Å². The van der Waals surface area contributed by atoms with Gasteiger partial charge in [0.2, 0.25) is 0 Å². The number of H-pyrrole nitrogens is 1. The Morgan fingerprint density at radius 1 is 1.29 bits per heavy atom. The Morgan fingerprint density at radius 3 is 3.03 bits per heavy atom. The van der Waals surface area contributed by atoms with Gasteiger partial charge in [-0.3, -0.25) is 5.10 Å². The lowest BCUT2D eigenvalue weighted by Gasteiger charge is -2.26. The van der Waals surface area contributed by atoms with Gasteiger partial charge < -0.3 is 15.2 Å². The number of halogens is 1. The van der Waals surface area contributed by atoms with Crippen molar-refractivity contribution in [2.24, 2.45) is 17.6 Å². The van der Waals surface area contributed by atoms with Crippen LogP contribution in [0.1, 0.15) is 17.1 Å². The normalized spacial score (nSPS) is 24.1. The number of nitrogens with zero attached hydrogens (tertiary/aromatic N) is 6. The zero-order valence-electron chi connectivity index (χ0n) is 18.3. The monoisotopic (exact) mass is 492 g/mol. The van der Waals surface area contributed by atoms with Crippen LogP contribution in [0.3, 0.4) is 0 Å². The summed E-state index contributed by atoms with van der Waals surface area (Å²) in [5, 5.41) is 13.4. The summed E-state index contributed by atoms with van der Waals surface area (Å²) in [4.78, 5) is 16.4. The van der Waals surface area contributed by atoms with E-state index in [1.54, 1.807) is 17.6 Å². The third-order valence-corrected chi connectivity index (χ3v) is 9.03. The lowest BCUT2D eigenvalue weighted by atomic mass is 9.97. The van der Waals surface area contributed by atoms with Crippen LogP contribution in [-0.4, -0.2) is 49.9 Å². The fourth-order valence-corrected chi connectivity index (χ4v) is 7.03. The lowest BCUT2D eigenvalue weighted by molar-refractivity contribution is 0.397. The average molecular weight is 493 g/mol. The Morgan fingerprint density at radius 2 is 2.21 bits per heavy atom. The first-order chi connectivity index (χ1) is 16.6. The molecule has 4 aromatic heterocycles. The highest BCUT2D eigenvalue weighted by atomic mass is 35.5. The number of nitrogens with two attached hydrogens (primary N) is 1. The number of aryl methyl sites for hydroxylation is 1. The third kappa shape index (κ3) is 2.73. The first-order valence-electron chi connectivity index (χ1n) is 11.2. The molecule has 0 radical (unpaired) electrons. The van der Waals surface area contributed by atoms with Crippen molar-refractivity contribution < 1.29 is 4.52 Å². The number of aromatic nitrogens is 6. The van der Waals surface area contributed by atoms with Crippen molar-refractivity contribution in [3.63, 3.8) is 0 Å². The molecule has 172 valence electrons. The number of rotatable bonds is 4. The highest BCUT2D eigenvalue weighted by Crippen LogP contribution is 2.62. The van der Waals surface area contributed by atoms with Crippen LogP contribution in [0.4, 0.5) is 5.82 Å². The molecule has 0 bridgehead atoms. The minimum absolute atomic E-state index is 0.0924. The number of benzene rings is 1. The molecule has 9 nitrogen and oxygen atoms in total. The molecule has 1 saturated carbocycles. The predicted molar refractivity (Wildman–Crippen MR) is 131 cm³/mol. The number of fused-ring (bicyclic) bond motifs is 3. The Kier molecular flexibility index (Phi) is 4.31. The summed E-state index contributed by atoms with van der Waals surface area (Å²) in [6, 6.07) is 5.87. The van der Waals surface area contributed by atoms with Gasteiger partial charge in [-0.2, -0.15) is 5.10 Å². The highest BCUT2D eigenvalue weighted by Gasteiger charge is 2.67. The highest BCUT2D eigenvalue weighted by molar-refractivity contribution is 7.19. The zero-order chi connectivity index (χ0) is 23.0. The molecule has 1 aliphatic heterocycles. The van der Waals surface area contributed by atoms with Crippen LogP contribution in [-0.2, 0) is 5.41 Å². The van der Waals surface area contributed by atoms with Gasteiger partial charge in [-0.1, -0.05) is 16.8 Å². The van der Waals surface area contributed by atoms with Gasteiger partial charge in [-0.15, -0.1) is 11.3 Å². The van der Waals surface area contributed by atoms with Crippen molar-refractivity contribution >= 4 is 50.1 Å². The SMILES string of the molecule is Cc1nc2ccc(-c3n[nH]c4nc(N5CC[C@@H]6[C@H](C5)[C@@]6(CN)c5ccon5)cnc34)c(Cl)c2s1. The van der Waals surface area contributed by atoms with Crippen LogP contribution < -0.4 is 10.6 Å². The molecule has 1 saturated heterocycles. The van der Waals surface area contributed by atoms with Gasteiger partial charge in [0.1, 0.15) is 23.3 Å². The van der Waals surface area contributed by atoms with Crippen molar-refractivity contribution in [2.45, 2.75) is 18.8 Å². The van der Waals surface area contributed by atoms with E-state index in [4.69, 9.17) is 31.8 Å². The maximum Gasteiger partial charge on any atom is 0.177 e. The molecule has 1 aliphatic carbocycles. The average Bonchev–Trinajstić information content (AvgIpc) is 3.34. The van der Waals surface area contributed by atoms with Gasteiger partial charge in [-0.25, -0.2) is 15.0 Å². The van der Waals surface area contributed by atoms with Crippen molar-refractivity contribution in [3.8, 4) is 11.3 Å². The Balaban J connectivity index is 1.20. The van der Waals surface area contributed by atoms with Crippen LogP contribution >= 0.6 is 22.9 Å². The van der Waals surface area contributed by atoms with Gasteiger partial charge in [0.05, 0.1) is 32.1 Å². The molecular formula is C23H21ClN8OS. The molecule has 3 atom stereocenters. The third-order valence-electron chi connectivity index (χ3n) is 7.52. The number of anilines is 1. The first kappa shape index (κ1) is 20.3. The number of piperidine rings is 1. The van der Waals surface area contributed by atoms with Crippen LogP contribution in [0.5, 0.6) is 0 Å². The second-order valence-electron chi connectivity index (χ2n) is 9.08. The standard InChI is InChI=1S/C23H21ClN8OS/c1-11-27-15-3-2-12(18(24)21(15)34-11)19-20-22(30-29-19)28-17(8-26-20)32-6-4-13-14(9-32)23(13,10-25)16-5-7-33-31-16/h2-3,5,7-8,13-14H,4,6,9-10,25H2,1H3,(H,28,29,30)/t13-,14+,23+/m1/s1. The van der Waals surface area contributed by atoms with Gasteiger partial charge >= 0.3 is 0 Å². The first-order valence-corrected chi connectivity index (χ1v) is 12.4. The van der Waals surface area contributed by atoms with Gasteiger partial charge in [0.25, 0.3) is 0 Å². The fourth-order valence-electron chi connectivity index (χ4n) is 5.81. The van der Waals surface area contributed by atoms with Crippen LogP contribution in [0.15, 0.2) is 35.2 Å². The second kappa shape index (κ2) is 7.21. The van der Waals surface area contributed by atoms with E-state index in [-0.39, 0.29) is 5.41 Å². The molecule has 5 aromatic rings. The van der Waals surface area contributed by atoms with E-state index < -0.39 is 0 Å². The van der Waals surface area contributed by atoms with E-state index >= 15 is 0 Å². The summed E-state index contributed by atoms with van der Waals surface area (Å²) in [7, 11) is 0. The summed E-state index contributed by atoms with van der Waals surface area (Å²) < 4.78 is 6.07. The van der Waals surface area contributed by atoms with Crippen LogP contribution in [0, 0.1) is 18.8 Å². The Bertz CT molecular complexity index is 1550. The number of hydrogen-bond donors (Lipinski definition) is 2.